The first-order valence-corrected chi connectivity index (χ1v) is 7.98. The summed E-state index contributed by atoms with van der Waals surface area (Å²) in [7, 11) is 1.45. The molecule has 0 radical (unpaired) electrons. The van der Waals surface area contributed by atoms with E-state index < -0.39 is 11.8 Å². The van der Waals surface area contributed by atoms with Crippen LogP contribution < -0.4 is 21.0 Å². The summed E-state index contributed by atoms with van der Waals surface area (Å²) >= 11 is 0. The van der Waals surface area contributed by atoms with Gasteiger partial charge in [0, 0.05) is 5.52 Å². The first-order valence-electron chi connectivity index (χ1n) is 7.98. The summed E-state index contributed by atoms with van der Waals surface area (Å²) in [5.74, 6) is -1.47. The number of anilines is 1. The molecule has 3 rings (SSSR count). The van der Waals surface area contributed by atoms with Crippen molar-refractivity contribution in [3.63, 3.8) is 0 Å². The van der Waals surface area contributed by atoms with Crippen LogP contribution in [0.3, 0.4) is 0 Å². The Balaban J connectivity index is 1.67. The standard InChI is InChI=1S/C19H16N4O4/c1-27-16-9-5-4-8-15(16)22-18(25)19(26)23-20-11-13-10-12-6-2-3-7-14(12)21-17(13)24/h2-11H,1H3,(H,21,24)(H,22,25)(H,23,26). The van der Waals surface area contributed by atoms with Gasteiger partial charge in [-0.1, -0.05) is 30.3 Å². The van der Waals surface area contributed by atoms with Gasteiger partial charge >= 0.3 is 11.8 Å². The molecule has 0 aliphatic carbocycles. The van der Waals surface area contributed by atoms with Crippen LogP contribution in [0.15, 0.2) is 64.5 Å². The quantitative estimate of drug-likeness (QED) is 0.371. The second kappa shape index (κ2) is 7.96. The van der Waals surface area contributed by atoms with E-state index in [1.165, 1.54) is 13.3 Å². The van der Waals surface area contributed by atoms with Gasteiger partial charge in [-0.15, -0.1) is 0 Å². The van der Waals surface area contributed by atoms with E-state index in [-0.39, 0.29) is 11.1 Å². The fourth-order valence-electron chi connectivity index (χ4n) is 2.40. The molecule has 0 spiro atoms. The predicted molar refractivity (Wildman–Crippen MR) is 102 cm³/mol. The van der Waals surface area contributed by atoms with E-state index in [1.54, 1.807) is 36.4 Å². The number of carbonyl (C=O) groups excluding carboxylic acids is 2. The van der Waals surface area contributed by atoms with E-state index in [1.807, 2.05) is 18.2 Å². The summed E-state index contributed by atoms with van der Waals surface area (Å²) in [5, 5.41) is 6.92. The van der Waals surface area contributed by atoms with E-state index in [0.29, 0.717) is 17.0 Å². The normalized spacial score (nSPS) is 10.7. The Morgan fingerprint density at radius 1 is 1.07 bits per heavy atom. The predicted octanol–water partition coefficient (Wildman–Crippen LogP) is 1.63. The highest BCUT2D eigenvalue weighted by atomic mass is 16.5. The minimum absolute atomic E-state index is 0.249. The number of benzene rings is 2. The molecule has 8 nitrogen and oxygen atoms in total. The Labute approximate surface area is 153 Å². The highest BCUT2D eigenvalue weighted by Gasteiger charge is 2.14. The Morgan fingerprint density at radius 2 is 1.81 bits per heavy atom. The van der Waals surface area contributed by atoms with Crippen molar-refractivity contribution >= 4 is 34.6 Å². The summed E-state index contributed by atoms with van der Waals surface area (Å²) in [6, 6.07) is 15.6. The highest BCUT2D eigenvalue weighted by Crippen LogP contribution is 2.22. The van der Waals surface area contributed by atoms with Crippen molar-refractivity contribution in [2.75, 3.05) is 12.4 Å². The number of amides is 2. The number of methoxy groups -OCH3 is 1. The Hall–Kier alpha value is -3.94. The molecule has 0 aliphatic heterocycles. The number of carbonyl (C=O) groups is 2. The van der Waals surface area contributed by atoms with Gasteiger partial charge in [0.2, 0.25) is 0 Å². The van der Waals surface area contributed by atoms with E-state index in [4.69, 9.17) is 4.74 Å². The average molecular weight is 364 g/mol. The van der Waals surface area contributed by atoms with Crippen molar-refractivity contribution in [1.82, 2.24) is 10.4 Å². The molecule has 136 valence electrons. The lowest BCUT2D eigenvalue weighted by atomic mass is 10.2. The molecule has 8 heteroatoms. The van der Waals surface area contributed by atoms with E-state index >= 15 is 0 Å². The number of rotatable bonds is 4. The van der Waals surface area contributed by atoms with E-state index in [9.17, 15) is 14.4 Å². The number of aromatic nitrogens is 1. The van der Waals surface area contributed by atoms with Crippen molar-refractivity contribution in [1.29, 1.82) is 0 Å². The molecule has 1 heterocycles. The molecule has 2 aromatic carbocycles. The number of nitrogens with zero attached hydrogens (tertiary/aromatic N) is 1. The van der Waals surface area contributed by atoms with Gasteiger partial charge in [0.1, 0.15) is 5.75 Å². The molecule has 0 saturated heterocycles. The Bertz CT molecular complexity index is 1090. The molecule has 0 atom stereocenters. The number of ether oxygens (including phenoxy) is 1. The maximum Gasteiger partial charge on any atom is 0.329 e. The maximum absolute atomic E-state index is 12.0. The minimum atomic E-state index is -0.977. The van der Waals surface area contributed by atoms with Crippen LogP contribution in [0, 0.1) is 0 Å². The van der Waals surface area contributed by atoms with Crippen LogP contribution in [-0.2, 0) is 9.59 Å². The summed E-state index contributed by atoms with van der Waals surface area (Å²) < 4.78 is 5.10. The third-order valence-electron chi connectivity index (χ3n) is 3.71. The lowest BCUT2D eigenvalue weighted by Gasteiger charge is -2.08. The van der Waals surface area contributed by atoms with Crippen LogP contribution in [0.4, 0.5) is 5.69 Å². The molecular formula is C19H16N4O4. The summed E-state index contributed by atoms with van der Waals surface area (Å²) in [6.45, 7) is 0. The molecule has 0 aliphatic rings. The number of para-hydroxylation sites is 3. The van der Waals surface area contributed by atoms with Gasteiger partial charge in [0.25, 0.3) is 5.56 Å². The Morgan fingerprint density at radius 3 is 2.63 bits per heavy atom. The van der Waals surface area contributed by atoms with Crippen LogP contribution in [0.2, 0.25) is 0 Å². The zero-order valence-corrected chi connectivity index (χ0v) is 14.4. The topological polar surface area (TPSA) is 113 Å². The molecule has 0 saturated carbocycles. The monoisotopic (exact) mass is 364 g/mol. The second-order valence-corrected chi connectivity index (χ2v) is 5.49. The molecule has 0 fully saturated rings. The molecule has 27 heavy (non-hydrogen) atoms. The average Bonchev–Trinajstić information content (AvgIpc) is 2.68. The van der Waals surface area contributed by atoms with Crippen molar-refractivity contribution in [2.24, 2.45) is 5.10 Å². The van der Waals surface area contributed by atoms with Crippen molar-refractivity contribution in [3.05, 3.63) is 70.5 Å². The maximum atomic E-state index is 12.0. The molecule has 0 bridgehead atoms. The number of fused-ring (bicyclic) bond motifs is 1. The van der Waals surface area contributed by atoms with Crippen molar-refractivity contribution in [3.8, 4) is 5.75 Å². The van der Waals surface area contributed by atoms with E-state index in [0.717, 1.165) is 5.39 Å². The minimum Gasteiger partial charge on any atom is -0.495 e. The van der Waals surface area contributed by atoms with Gasteiger partial charge in [0.15, 0.2) is 0 Å². The lowest BCUT2D eigenvalue weighted by Crippen LogP contribution is -2.32. The SMILES string of the molecule is COc1ccccc1NC(=O)C(=O)NN=Cc1cc2ccccc2[nH]c1=O. The zero-order chi connectivity index (χ0) is 19.2. The van der Waals surface area contributed by atoms with Gasteiger partial charge in [-0.3, -0.25) is 14.4 Å². The fraction of sp³-hybridized carbons (Fsp3) is 0.0526. The van der Waals surface area contributed by atoms with Crippen molar-refractivity contribution < 1.29 is 14.3 Å². The second-order valence-electron chi connectivity index (χ2n) is 5.49. The summed E-state index contributed by atoms with van der Waals surface area (Å²) in [6.07, 6.45) is 1.18. The van der Waals surface area contributed by atoms with Gasteiger partial charge in [0.05, 0.1) is 24.6 Å². The molecular weight excluding hydrogens is 348 g/mol. The van der Waals surface area contributed by atoms with E-state index in [2.05, 4.69) is 20.8 Å². The summed E-state index contributed by atoms with van der Waals surface area (Å²) in [5.41, 5.74) is 3.03. The molecule has 3 aromatic rings. The number of nitrogens with one attached hydrogen (secondary N) is 3. The van der Waals surface area contributed by atoms with Crippen LogP contribution >= 0.6 is 0 Å². The number of H-pyrrole nitrogens is 1. The molecule has 3 N–H and O–H groups in total. The fourth-order valence-corrected chi connectivity index (χ4v) is 2.40. The number of aromatic amines is 1. The first-order chi connectivity index (χ1) is 13.1. The van der Waals surface area contributed by atoms with Gasteiger partial charge in [-0.05, 0) is 29.7 Å². The lowest BCUT2D eigenvalue weighted by molar-refractivity contribution is -0.136. The number of pyridine rings is 1. The van der Waals surface area contributed by atoms with Crippen LogP contribution in [0.1, 0.15) is 5.56 Å². The van der Waals surface area contributed by atoms with Crippen LogP contribution in [-0.4, -0.2) is 30.1 Å². The summed E-state index contributed by atoms with van der Waals surface area (Å²) in [4.78, 5) is 38.5. The Kier molecular flexibility index (Phi) is 5.27. The smallest absolute Gasteiger partial charge is 0.329 e. The number of hydrogen-bond donors (Lipinski definition) is 3. The third kappa shape index (κ3) is 4.18. The van der Waals surface area contributed by atoms with Crippen LogP contribution in [0.25, 0.3) is 10.9 Å². The highest BCUT2D eigenvalue weighted by molar-refractivity contribution is 6.39. The molecule has 2 amide bonds. The largest absolute Gasteiger partial charge is 0.495 e. The molecule has 0 unspecified atom stereocenters. The number of hydrazone groups is 1. The van der Waals surface area contributed by atoms with Crippen LogP contribution in [0.5, 0.6) is 5.75 Å². The first kappa shape index (κ1) is 17.9. The van der Waals surface area contributed by atoms with Gasteiger partial charge in [-0.25, -0.2) is 5.43 Å². The van der Waals surface area contributed by atoms with Crippen molar-refractivity contribution in [2.45, 2.75) is 0 Å². The van der Waals surface area contributed by atoms with Gasteiger partial charge < -0.3 is 15.0 Å². The third-order valence-corrected chi connectivity index (χ3v) is 3.71. The number of hydrogen-bond acceptors (Lipinski definition) is 5. The van der Waals surface area contributed by atoms with Gasteiger partial charge in [-0.2, -0.15) is 5.10 Å². The molecule has 1 aromatic heterocycles. The zero-order valence-electron chi connectivity index (χ0n) is 14.4.